The maximum Gasteiger partial charge on any atom is 0.340 e. The molecule has 3 aromatic rings. The molecule has 2 heterocycles. The van der Waals surface area contributed by atoms with Crippen molar-refractivity contribution in [3.8, 4) is 5.69 Å². The predicted octanol–water partition coefficient (Wildman–Crippen LogP) is 2.79. The van der Waals surface area contributed by atoms with Crippen molar-refractivity contribution >= 4 is 23.3 Å². The number of anilines is 1. The number of ether oxygens (including phenoxy) is 1. The number of nitro benzene ring substituents is 1. The van der Waals surface area contributed by atoms with E-state index in [1.807, 2.05) is 40.1 Å². The van der Waals surface area contributed by atoms with E-state index in [2.05, 4.69) is 5.32 Å². The highest BCUT2D eigenvalue weighted by Gasteiger charge is 2.32. The van der Waals surface area contributed by atoms with Crippen LogP contribution in [0.15, 0.2) is 67.0 Å². The van der Waals surface area contributed by atoms with E-state index in [1.165, 1.54) is 25.3 Å². The fourth-order valence-corrected chi connectivity index (χ4v) is 3.67. The van der Waals surface area contributed by atoms with Crippen molar-refractivity contribution in [2.75, 3.05) is 25.1 Å². The first-order chi connectivity index (χ1) is 15.0. The van der Waals surface area contributed by atoms with Gasteiger partial charge in [-0.2, -0.15) is 0 Å². The number of para-hydroxylation sites is 2. The minimum Gasteiger partial charge on any atom is -0.465 e. The second kappa shape index (κ2) is 8.31. The third-order valence-corrected chi connectivity index (χ3v) is 5.19. The van der Waals surface area contributed by atoms with Crippen molar-refractivity contribution in [3.05, 3.63) is 88.2 Å². The Morgan fingerprint density at radius 3 is 2.39 bits per heavy atom. The molecule has 1 amide bonds. The number of rotatable bonds is 6. The molecule has 1 N–H and O–H groups in total. The van der Waals surface area contributed by atoms with Gasteiger partial charge in [-0.25, -0.2) is 4.79 Å². The van der Waals surface area contributed by atoms with Gasteiger partial charge in [0.05, 0.1) is 35.0 Å². The third-order valence-electron chi connectivity index (χ3n) is 5.19. The number of hydrogen-bond acceptors (Lipinski definition) is 6. The molecule has 1 aromatic heterocycles. The van der Waals surface area contributed by atoms with Gasteiger partial charge in [0.15, 0.2) is 0 Å². The van der Waals surface area contributed by atoms with E-state index < -0.39 is 16.8 Å². The molecule has 31 heavy (non-hydrogen) atoms. The van der Waals surface area contributed by atoms with Gasteiger partial charge >= 0.3 is 5.97 Å². The Morgan fingerprint density at radius 2 is 1.71 bits per heavy atom. The standard InChI is InChI=1S/C22H20N4O5/c1-31-22(28)17-8-6-10-19(20(17)24-11-4-5-12-24)25-13-15(14-25)23-21(27)16-7-2-3-9-18(16)26(29)30/h2-12,15H,13-14H2,1H3,(H,23,27). The van der Waals surface area contributed by atoms with Crippen LogP contribution in [0.4, 0.5) is 11.4 Å². The number of aromatic nitrogens is 1. The predicted molar refractivity (Wildman–Crippen MR) is 114 cm³/mol. The maximum atomic E-state index is 12.6. The second-order valence-electron chi connectivity index (χ2n) is 7.10. The molecular weight excluding hydrogens is 400 g/mol. The highest BCUT2D eigenvalue weighted by atomic mass is 16.6. The SMILES string of the molecule is COC(=O)c1cccc(N2CC(NC(=O)c3ccccc3[N+](=O)[O-])C2)c1-n1cccc1. The summed E-state index contributed by atoms with van der Waals surface area (Å²) in [5.74, 6) is -0.918. The van der Waals surface area contributed by atoms with Gasteiger partial charge in [0.25, 0.3) is 11.6 Å². The first-order valence-corrected chi connectivity index (χ1v) is 9.63. The summed E-state index contributed by atoms with van der Waals surface area (Å²) in [5.41, 5.74) is 1.77. The molecule has 1 saturated heterocycles. The number of nitrogens with one attached hydrogen (secondary N) is 1. The van der Waals surface area contributed by atoms with Crippen LogP contribution in [-0.4, -0.2) is 47.6 Å². The summed E-state index contributed by atoms with van der Waals surface area (Å²) in [4.78, 5) is 37.5. The number of esters is 1. The number of nitro groups is 1. The lowest BCUT2D eigenvalue weighted by Gasteiger charge is -2.42. The minimum atomic E-state index is -0.566. The van der Waals surface area contributed by atoms with E-state index in [1.54, 1.807) is 18.2 Å². The van der Waals surface area contributed by atoms with Crippen LogP contribution < -0.4 is 10.2 Å². The van der Waals surface area contributed by atoms with Gasteiger partial charge in [0, 0.05) is 31.5 Å². The monoisotopic (exact) mass is 420 g/mol. The number of benzene rings is 2. The third kappa shape index (κ3) is 3.85. The smallest absolute Gasteiger partial charge is 0.340 e. The number of carbonyl (C=O) groups is 2. The van der Waals surface area contributed by atoms with Gasteiger partial charge in [-0.3, -0.25) is 14.9 Å². The Kier molecular flexibility index (Phi) is 5.40. The molecule has 0 unspecified atom stereocenters. The average molecular weight is 420 g/mol. The second-order valence-corrected chi connectivity index (χ2v) is 7.10. The number of hydrogen-bond donors (Lipinski definition) is 1. The molecule has 1 aliphatic heterocycles. The number of amides is 1. The molecule has 9 heteroatoms. The fraction of sp³-hybridized carbons (Fsp3) is 0.182. The zero-order valence-electron chi connectivity index (χ0n) is 16.7. The van der Waals surface area contributed by atoms with Gasteiger partial charge in [-0.1, -0.05) is 18.2 Å². The highest BCUT2D eigenvalue weighted by molar-refractivity contribution is 5.99. The molecular formula is C22H20N4O5. The van der Waals surface area contributed by atoms with Crippen LogP contribution in [0.3, 0.4) is 0 Å². The van der Waals surface area contributed by atoms with Crippen LogP contribution in [-0.2, 0) is 4.74 Å². The summed E-state index contributed by atoms with van der Waals surface area (Å²) >= 11 is 0. The van der Waals surface area contributed by atoms with Gasteiger partial charge in [0.1, 0.15) is 5.56 Å². The largest absolute Gasteiger partial charge is 0.465 e. The van der Waals surface area contributed by atoms with Gasteiger partial charge in [-0.05, 0) is 30.3 Å². The first kappa shape index (κ1) is 20.1. The molecule has 0 bridgehead atoms. The van der Waals surface area contributed by atoms with E-state index in [-0.39, 0.29) is 17.3 Å². The molecule has 2 aromatic carbocycles. The summed E-state index contributed by atoms with van der Waals surface area (Å²) in [6.07, 6.45) is 3.69. The average Bonchev–Trinajstić information content (AvgIpc) is 3.29. The van der Waals surface area contributed by atoms with Gasteiger partial charge in [-0.15, -0.1) is 0 Å². The molecule has 4 rings (SSSR count). The summed E-state index contributed by atoms with van der Waals surface area (Å²) in [7, 11) is 1.34. The van der Waals surface area contributed by atoms with Crippen LogP contribution >= 0.6 is 0 Å². The quantitative estimate of drug-likeness (QED) is 0.373. The van der Waals surface area contributed by atoms with Crippen molar-refractivity contribution in [2.45, 2.75) is 6.04 Å². The van der Waals surface area contributed by atoms with Crippen molar-refractivity contribution in [1.29, 1.82) is 0 Å². The topological polar surface area (TPSA) is 107 Å². The molecule has 9 nitrogen and oxygen atoms in total. The zero-order valence-corrected chi connectivity index (χ0v) is 16.7. The number of carbonyl (C=O) groups excluding carboxylic acids is 2. The van der Waals surface area contributed by atoms with Crippen LogP contribution in [0.1, 0.15) is 20.7 Å². The van der Waals surface area contributed by atoms with Crippen molar-refractivity contribution < 1.29 is 19.2 Å². The Bertz CT molecular complexity index is 1140. The summed E-state index contributed by atoms with van der Waals surface area (Å²) in [6.45, 7) is 1.01. The molecule has 0 radical (unpaired) electrons. The van der Waals surface area contributed by atoms with Crippen LogP contribution in [0.25, 0.3) is 5.69 Å². The molecule has 0 saturated carbocycles. The summed E-state index contributed by atoms with van der Waals surface area (Å²) < 4.78 is 6.78. The fourth-order valence-electron chi connectivity index (χ4n) is 3.67. The number of nitrogens with zero attached hydrogens (tertiary/aromatic N) is 3. The van der Waals surface area contributed by atoms with E-state index >= 15 is 0 Å². The molecule has 0 atom stereocenters. The minimum absolute atomic E-state index is 0.0340. The van der Waals surface area contributed by atoms with E-state index in [0.29, 0.717) is 24.3 Å². The Morgan fingerprint density at radius 1 is 1.03 bits per heavy atom. The van der Waals surface area contributed by atoms with E-state index in [0.717, 1.165) is 5.69 Å². The summed E-state index contributed by atoms with van der Waals surface area (Å²) in [6, 6.07) is 14.8. The van der Waals surface area contributed by atoms with Crippen molar-refractivity contribution in [1.82, 2.24) is 9.88 Å². The maximum absolute atomic E-state index is 12.6. The van der Waals surface area contributed by atoms with Crippen LogP contribution in [0.2, 0.25) is 0 Å². The Hall–Kier alpha value is -4.14. The molecule has 0 spiro atoms. The van der Waals surface area contributed by atoms with E-state index in [9.17, 15) is 19.7 Å². The normalized spacial score (nSPS) is 13.4. The number of methoxy groups -OCH3 is 1. The summed E-state index contributed by atoms with van der Waals surface area (Å²) in [5, 5.41) is 14.0. The van der Waals surface area contributed by atoms with Crippen molar-refractivity contribution in [2.24, 2.45) is 0 Å². The lowest BCUT2D eigenvalue weighted by molar-refractivity contribution is -0.385. The van der Waals surface area contributed by atoms with Crippen LogP contribution in [0, 0.1) is 10.1 Å². The highest BCUT2D eigenvalue weighted by Crippen LogP contribution is 2.32. The lowest BCUT2D eigenvalue weighted by Crippen LogP contribution is -2.59. The van der Waals surface area contributed by atoms with Crippen molar-refractivity contribution in [3.63, 3.8) is 0 Å². The first-order valence-electron chi connectivity index (χ1n) is 9.63. The van der Waals surface area contributed by atoms with Gasteiger partial charge < -0.3 is 19.5 Å². The Balaban J connectivity index is 1.53. The van der Waals surface area contributed by atoms with E-state index in [4.69, 9.17) is 4.74 Å². The lowest BCUT2D eigenvalue weighted by atomic mass is 10.0. The molecule has 1 aliphatic rings. The Labute approximate surface area is 178 Å². The zero-order chi connectivity index (χ0) is 22.0. The molecule has 0 aliphatic carbocycles. The van der Waals surface area contributed by atoms with Gasteiger partial charge in [0.2, 0.25) is 0 Å². The van der Waals surface area contributed by atoms with Crippen LogP contribution in [0.5, 0.6) is 0 Å². The molecule has 1 fully saturated rings. The molecule has 158 valence electrons.